The van der Waals surface area contributed by atoms with E-state index in [-0.39, 0.29) is 6.42 Å². The first-order valence-corrected chi connectivity index (χ1v) is 4.64. The van der Waals surface area contributed by atoms with Gasteiger partial charge in [0.15, 0.2) is 6.79 Å². The third-order valence-corrected chi connectivity index (χ3v) is 1.55. The molecule has 96 valence electrons. The molecule has 17 heavy (non-hydrogen) atoms. The minimum absolute atomic E-state index is 0.362. The number of ketones is 2. The van der Waals surface area contributed by atoms with Gasteiger partial charge in [-0.05, 0) is 0 Å². The minimum Gasteiger partial charge on any atom is -0.459 e. The topological polar surface area (TPSA) is 127 Å². The van der Waals surface area contributed by atoms with E-state index in [1.165, 1.54) is 0 Å². The number of Topliss-reactive ketones (excluding diaryl/α,β-unsaturated/α-hetero) is 2. The van der Waals surface area contributed by atoms with Crippen LogP contribution in [0.5, 0.6) is 0 Å². The maximum atomic E-state index is 10.9. The van der Waals surface area contributed by atoms with Crippen molar-refractivity contribution in [1.29, 1.82) is 0 Å². The van der Waals surface area contributed by atoms with Gasteiger partial charge in [0, 0.05) is 6.42 Å². The lowest BCUT2D eigenvalue weighted by molar-refractivity contribution is -0.161. The van der Waals surface area contributed by atoms with Crippen LogP contribution in [0, 0.1) is 0 Å². The van der Waals surface area contributed by atoms with Crippen LogP contribution in [0.25, 0.3) is 0 Å². The predicted octanol–water partition coefficient (Wildman–Crippen LogP) is -2.07. The fraction of sp³-hybridized carbons (Fsp3) is 0.556. The van der Waals surface area contributed by atoms with Gasteiger partial charge < -0.3 is 19.7 Å². The molecule has 0 saturated carbocycles. The molecule has 0 amide bonds. The summed E-state index contributed by atoms with van der Waals surface area (Å²) in [4.78, 5) is 43.3. The molecule has 0 aromatic carbocycles. The van der Waals surface area contributed by atoms with Crippen molar-refractivity contribution < 1.29 is 38.9 Å². The van der Waals surface area contributed by atoms with Gasteiger partial charge in [-0.25, -0.2) is 9.59 Å². The van der Waals surface area contributed by atoms with Crippen molar-refractivity contribution >= 4 is 23.5 Å². The van der Waals surface area contributed by atoms with E-state index in [4.69, 9.17) is 10.2 Å². The molecule has 0 spiro atoms. The lowest BCUT2D eigenvalue weighted by Gasteiger charge is -2.02. The van der Waals surface area contributed by atoms with Gasteiger partial charge in [0.1, 0.15) is 0 Å². The number of carbonyl (C=O) groups excluding carboxylic acids is 4. The van der Waals surface area contributed by atoms with Gasteiger partial charge in [0.05, 0.1) is 19.6 Å². The van der Waals surface area contributed by atoms with Crippen molar-refractivity contribution in [2.75, 3.05) is 20.0 Å². The summed E-state index contributed by atoms with van der Waals surface area (Å²) in [5.74, 6) is -4.33. The van der Waals surface area contributed by atoms with Gasteiger partial charge >= 0.3 is 11.9 Å². The molecular weight excluding hydrogens is 236 g/mol. The molecule has 0 atom stereocenters. The lowest BCUT2D eigenvalue weighted by Crippen LogP contribution is -2.23. The highest BCUT2D eigenvalue weighted by atomic mass is 16.6. The summed E-state index contributed by atoms with van der Waals surface area (Å²) >= 11 is 0. The number of hydrogen-bond acceptors (Lipinski definition) is 8. The highest BCUT2D eigenvalue weighted by molar-refractivity contribution is 6.34. The number of carbonyl (C=O) groups is 4. The van der Waals surface area contributed by atoms with E-state index in [0.29, 0.717) is 0 Å². The zero-order valence-corrected chi connectivity index (χ0v) is 8.88. The Hall–Kier alpha value is -1.80. The monoisotopic (exact) mass is 248 g/mol. The summed E-state index contributed by atoms with van der Waals surface area (Å²) in [6.07, 6.45) is -0.809. The van der Waals surface area contributed by atoms with E-state index in [0.717, 1.165) is 0 Å². The highest BCUT2D eigenvalue weighted by Gasteiger charge is 2.18. The van der Waals surface area contributed by atoms with Gasteiger partial charge in [0.25, 0.3) is 0 Å². The zero-order chi connectivity index (χ0) is 13.3. The van der Waals surface area contributed by atoms with Crippen LogP contribution in [0.1, 0.15) is 12.8 Å². The molecule has 0 rings (SSSR count). The maximum Gasteiger partial charge on any atom is 0.376 e. The molecule has 0 aromatic heterocycles. The summed E-state index contributed by atoms with van der Waals surface area (Å²) in [6, 6.07) is 0. The molecule has 8 heteroatoms. The average Bonchev–Trinajstić information content (AvgIpc) is 2.29. The fourth-order valence-corrected chi connectivity index (χ4v) is 0.762. The Morgan fingerprint density at radius 2 is 1.35 bits per heavy atom. The van der Waals surface area contributed by atoms with Crippen LogP contribution in [0.15, 0.2) is 0 Å². The van der Waals surface area contributed by atoms with Crippen molar-refractivity contribution in [3.05, 3.63) is 0 Å². The molecule has 0 aromatic rings. The highest BCUT2D eigenvalue weighted by Crippen LogP contribution is 1.92. The van der Waals surface area contributed by atoms with E-state index in [1.807, 2.05) is 0 Å². The Bertz CT molecular complexity index is 278. The first-order chi connectivity index (χ1) is 8.02. The van der Waals surface area contributed by atoms with Crippen LogP contribution in [0.4, 0.5) is 0 Å². The second-order valence-corrected chi connectivity index (χ2v) is 2.77. The van der Waals surface area contributed by atoms with E-state index < -0.39 is 49.9 Å². The third-order valence-electron chi connectivity index (χ3n) is 1.55. The van der Waals surface area contributed by atoms with Crippen LogP contribution in [0.2, 0.25) is 0 Å². The molecule has 0 aliphatic rings. The first-order valence-electron chi connectivity index (χ1n) is 4.64. The predicted molar refractivity (Wildman–Crippen MR) is 50.5 cm³/mol. The van der Waals surface area contributed by atoms with Crippen molar-refractivity contribution in [1.82, 2.24) is 0 Å². The molecule has 0 aliphatic carbocycles. The van der Waals surface area contributed by atoms with Crippen LogP contribution in [-0.4, -0.2) is 53.7 Å². The van der Waals surface area contributed by atoms with Crippen LogP contribution < -0.4 is 0 Å². The smallest absolute Gasteiger partial charge is 0.376 e. The second-order valence-electron chi connectivity index (χ2n) is 2.77. The quantitative estimate of drug-likeness (QED) is 0.285. The van der Waals surface area contributed by atoms with Gasteiger partial charge in [-0.15, -0.1) is 0 Å². The van der Waals surface area contributed by atoms with Crippen molar-refractivity contribution in [3.63, 3.8) is 0 Å². The molecule has 2 N–H and O–H groups in total. The SMILES string of the molecule is O=C(CCOC(=O)C(=O)CCO)C(=O)OCO. The Kier molecular flexibility index (Phi) is 7.48. The van der Waals surface area contributed by atoms with Gasteiger partial charge in [-0.2, -0.15) is 0 Å². The lowest BCUT2D eigenvalue weighted by atomic mass is 10.3. The summed E-state index contributed by atoms with van der Waals surface area (Å²) in [5.41, 5.74) is 0. The molecular formula is C9H12O8. The second kappa shape index (κ2) is 8.36. The fourth-order valence-electron chi connectivity index (χ4n) is 0.762. The van der Waals surface area contributed by atoms with E-state index in [2.05, 4.69) is 9.47 Å². The van der Waals surface area contributed by atoms with Gasteiger partial charge in [0.2, 0.25) is 11.6 Å². The summed E-state index contributed by atoms with van der Waals surface area (Å²) < 4.78 is 8.34. The maximum absolute atomic E-state index is 10.9. The number of aliphatic hydroxyl groups excluding tert-OH is 2. The molecule has 0 fully saturated rings. The summed E-state index contributed by atoms with van der Waals surface area (Å²) in [6.45, 7) is -1.84. The summed E-state index contributed by atoms with van der Waals surface area (Å²) in [5, 5.41) is 16.5. The Labute approximate surface area is 96.1 Å². The number of ether oxygens (including phenoxy) is 2. The third kappa shape index (κ3) is 6.38. The minimum atomic E-state index is -1.25. The van der Waals surface area contributed by atoms with E-state index >= 15 is 0 Å². The van der Waals surface area contributed by atoms with Crippen LogP contribution >= 0.6 is 0 Å². The molecule has 0 unspecified atom stereocenters. The normalized spacial score (nSPS) is 9.53. The average molecular weight is 248 g/mol. The largest absolute Gasteiger partial charge is 0.459 e. The standard InChI is InChI=1S/C9H12O8/c10-3-1-6(12)8(14)16-4-2-7(13)9(15)17-5-11/h10-11H,1-5H2. The molecule has 0 bridgehead atoms. The molecule has 8 nitrogen and oxygen atoms in total. The zero-order valence-electron chi connectivity index (χ0n) is 8.88. The van der Waals surface area contributed by atoms with Crippen molar-refractivity contribution in [2.24, 2.45) is 0 Å². The summed E-state index contributed by atoms with van der Waals surface area (Å²) in [7, 11) is 0. The first kappa shape index (κ1) is 15.2. The molecule has 0 heterocycles. The van der Waals surface area contributed by atoms with E-state index in [1.54, 1.807) is 0 Å². The van der Waals surface area contributed by atoms with Crippen molar-refractivity contribution in [2.45, 2.75) is 12.8 Å². The molecule has 0 saturated heterocycles. The Balaban J connectivity index is 3.84. The van der Waals surface area contributed by atoms with Crippen LogP contribution in [0.3, 0.4) is 0 Å². The van der Waals surface area contributed by atoms with Crippen LogP contribution in [-0.2, 0) is 28.7 Å². The molecule has 0 radical (unpaired) electrons. The number of esters is 2. The van der Waals surface area contributed by atoms with Crippen molar-refractivity contribution in [3.8, 4) is 0 Å². The number of rotatable bonds is 8. The number of hydrogen-bond donors (Lipinski definition) is 2. The Morgan fingerprint density at radius 1 is 0.824 bits per heavy atom. The van der Waals surface area contributed by atoms with Gasteiger partial charge in [-0.1, -0.05) is 0 Å². The van der Waals surface area contributed by atoms with E-state index in [9.17, 15) is 19.2 Å². The Morgan fingerprint density at radius 3 is 1.88 bits per heavy atom. The number of aliphatic hydroxyl groups is 2. The van der Waals surface area contributed by atoms with Gasteiger partial charge in [-0.3, -0.25) is 9.59 Å². The molecule has 0 aliphatic heterocycles.